The Morgan fingerprint density at radius 1 is 1.80 bits per heavy atom. The van der Waals surface area contributed by atoms with E-state index in [0.717, 1.165) is 6.42 Å². The van der Waals surface area contributed by atoms with E-state index >= 15 is 0 Å². The number of hydrogen-bond acceptors (Lipinski definition) is 2. The summed E-state index contributed by atoms with van der Waals surface area (Å²) in [4.78, 5) is 0. The lowest BCUT2D eigenvalue weighted by Crippen LogP contribution is -2.40. The Morgan fingerprint density at radius 3 is 2.70 bits per heavy atom. The third-order valence-electron chi connectivity index (χ3n) is 2.40. The molecular formula is C8H14N2. The first-order chi connectivity index (χ1) is 4.73. The molecule has 1 aliphatic carbocycles. The third kappa shape index (κ3) is 1.31. The Bertz CT molecular complexity index is 153. The molecule has 10 heavy (non-hydrogen) atoms. The van der Waals surface area contributed by atoms with Crippen LogP contribution in [0.4, 0.5) is 0 Å². The highest BCUT2D eigenvalue weighted by molar-refractivity contribution is 5.03. The van der Waals surface area contributed by atoms with Crippen molar-refractivity contribution in [3.63, 3.8) is 0 Å². The smallest absolute Gasteiger partial charge is 0.0373 e. The molecule has 0 radical (unpaired) electrons. The minimum Gasteiger partial charge on any atom is -0.271 e. The predicted octanol–water partition coefficient (Wildman–Crippen LogP) is 0.642. The number of nitrogens with two attached hydrogens (primary N) is 1. The van der Waals surface area contributed by atoms with E-state index in [9.17, 15) is 0 Å². The van der Waals surface area contributed by atoms with Crippen LogP contribution in [-0.2, 0) is 0 Å². The molecule has 3 N–H and O–H groups in total. The summed E-state index contributed by atoms with van der Waals surface area (Å²) < 4.78 is 0. The van der Waals surface area contributed by atoms with Gasteiger partial charge in [0.1, 0.15) is 0 Å². The molecule has 1 unspecified atom stereocenters. The summed E-state index contributed by atoms with van der Waals surface area (Å²) in [6.45, 7) is 2.22. The van der Waals surface area contributed by atoms with Crippen LogP contribution in [0.15, 0.2) is 0 Å². The Labute approximate surface area is 62.1 Å². The van der Waals surface area contributed by atoms with Crippen LogP contribution in [0.25, 0.3) is 0 Å². The highest BCUT2D eigenvalue weighted by Crippen LogP contribution is 2.48. The second-order valence-electron chi connectivity index (χ2n) is 3.28. The first-order valence-electron chi connectivity index (χ1n) is 3.62. The predicted molar refractivity (Wildman–Crippen MR) is 41.9 cm³/mol. The standard InChI is InChI=1S/C8H14N2/c1-3-4-7(10-9)8(2)5-6-8/h1,7,10H,4-6,9H2,2H3. The van der Waals surface area contributed by atoms with Gasteiger partial charge in [-0.05, 0) is 18.3 Å². The second-order valence-corrected chi connectivity index (χ2v) is 3.28. The largest absolute Gasteiger partial charge is 0.271 e. The van der Waals surface area contributed by atoms with Gasteiger partial charge in [-0.2, -0.15) is 0 Å². The van der Waals surface area contributed by atoms with Crippen LogP contribution in [-0.4, -0.2) is 6.04 Å². The van der Waals surface area contributed by atoms with Gasteiger partial charge in [0, 0.05) is 12.5 Å². The zero-order chi connectivity index (χ0) is 7.61. The monoisotopic (exact) mass is 138 g/mol. The van der Waals surface area contributed by atoms with E-state index in [1.165, 1.54) is 12.8 Å². The molecule has 0 aromatic carbocycles. The number of hydrogen-bond donors (Lipinski definition) is 2. The third-order valence-corrected chi connectivity index (χ3v) is 2.40. The highest BCUT2D eigenvalue weighted by Gasteiger charge is 2.43. The van der Waals surface area contributed by atoms with Crippen molar-refractivity contribution in [1.82, 2.24) is 5.43 Å². The summed E-state index contributed by atoms with van der Waals surface area (Å²) in [5.74, 6) is 7.96. The maximum atomic E-state index is 5.34. The number of terminal acetylenes is 1. The molecular weight excluding hydrogens is 124 g/mol. The van der Waals surface area contributed by atoms with E-state index < -0.39 is 0 Å². The maximum Gasteiger partial charge on any atom is 0.0373 e. The van der Waals surface area contributed by atoms with E-state index in [1.807, 2.05) is 0 Å². The van der Waals surface area contributed by atoms with Gasteiger partial charge in [-0.25, -0.2) is 0 Å². The van der Waals surface area contributed by atoms with Crippen molar-refractivity contribution in [1.29, 1.82) is 0 Å². The van der Waals surface area contributed by atoms with Crippen molar-refractivity contribution in [2.24, 2.45) is 11.3 Å². The number of rotatable bonds is 3. The van der Waals surface area contributed by atoms with Gasteiger partial charge in [0.15, 0.2) is 0 Å². The van der Waals surface area contributed by atoms with Crippen LogP contribution in [0.1, 0.15) is 26.2 Å². The van der Waals surface area contributed by atoms with Gasteiger partial charge in [-0.1, -0.05) is 6.92 Å². The minimum atomic E-state index is 0.317. The fraction of sp³-hybridized carbons (Fsp3) is 0.750. The molecule has 1 rings (SSSR count). The zero-order valence-corrected chi connectivity index (χ0v) is 6.35. The molecule has 1 atom stereocenters. The zero-order valence-electron chi connectivity index (χ0n) is 6.35. The van der Waals surface area contributed by atoms with Crippen molar-refractivity contribution in [3.8, 4) is 12.3 Å². The fourth-order valence-corrected chi connectivity index (χ4v) is 1.17. The molecule has 0 spiro atoms. The van der Waals surface area contributed by atoms with Gasteiger partial charge >= 0.3 is 0 Å². The molecule has 0 bridgehead atoms. The van der Waals surface area contributed by atoms with E-state index in [-0.39, 0.29) is 0 Å². The number of nitrogens with one attached hydrogen (secondary N) is 1. The highest BCUT2D eigenvalue weighted by atomic mass is 15.2. The number of hydrazine groups is 1. The van der Waals surface area contributed by atoms with E-state index in [2.05, 4.69) is 18.3 Å². The minimum absolute atomic E-state index is 0.317. The topological polar surface area (TPSA) is 38.0 Å². The first kappa shape index (κ1) is 7.59. The van der Waals surface area contributed by atoms with Gasteiger partial charge in [0.2, 0.25) is 0 Å². The van der Waals surface area contributed by atoms with Crippen molar-refractivity contribution < 1.29 is 0 Å². The molecule has 56 valence electrons. The molecule has 0 aliphatic heterocycles. The van der Waals surface area contributed by atoms with Crippen molar-refractivity contribution in [2.45, 2.75) is 32.2 Å². The van der Waals surface area contributed by atoms with Crippen molar-refractivity contribution in [2.75, 3.05) is 0 Å². The van der Waals surface area contributed by atoms with Crippen molar-refractivity contribution in [3.05, 3.63) is 0 Å². The molecule has 2 nitrogen and oxygen atoms in total. The van der Waals surface area contributed by atoms with E-state index in [4.69, 9.17) is 12.3 Å². The molecule has 0 saturated heterocycles. The molecule has 0 aromatic rings. The SMILES string of the molecule is C#CCC(NN)C1(C)CC1. The van der Waals surface area contributed by atoms with Gasteiger partial charge in [0.05, 0.1) is 0 Å². The van der Waals surface area contributed by atoms with Crippen LogP contribution in [0.3, 0.4) is 0 Å². The van der Waals surface area contributed by atoms with Gasteiger partial charge in [-0.15, -0.1) is 12.3 Å². The fourth-order valence-electron chi connectivity index (χ4n) is 1.17. The molecule has 1 aliphatic rings. The molecule has 0 amide bonds. The lowest BCUT2D eigenvalue weighted by Gasteiger charge is -2.19. The van der Waals surface area contributed by atoms with Crippen LogP contribution < -0.4 is 11.3 Å². The lowest BCUT2D eigenvalue weighted by atomic mass is 9.97. The van der Waals surface area contributed by atoms with Crippen LogP contribution in [0, 0.1) is 17.8 Å². The average Bonchev–Trinajstić information content (AvgIpc) is 2.64. The molecule has 1 fully saturated rings. The first-order valence-corrected chi connectivity index (χ1v) is 3.62. The van der Waals surface area contributed by atoms with Gasteiger partial charge < -0.3 is 0 Å². The summed E-state index contributed by atoms with van der Waals surface area (Å²) >= 11 is 0. The second kappa shape index (κ2) is 2.61. The summed E-state index contributed by atoms with van der Waals surface area (Å²) in [7, 11) is 0. The summed E-state index contributed by atoms with van der Waals surface area (Å²) in [6, 6.07) is 0.317. The normalized spacial score (nSPS) is 23.3. The molecule has 1 saturated carbocycles. The Balaban J connectivity index is 2.42. The van der Waals surface area contributed by atoms with Gasteiger partial charge in [-0.3, -0.25) is 11.3 Å². The Kier molecular flexibility index (Phi) is 1.98. The molecule has 2 heteroatoms. The average molecular weight is 138 g/mol. The summed E-state index contributed by atoms with van der Waals surface area (Å²) in [5, 5.41) is 0. The van der Waals surface area contributed by atoms with E-state index in [1.54, 1.807) is 0 Å². The summed E-state index contributed by atoms with van der Waals surface area (Å²) in [6.07, 6.45) is 8.43. The van der Waals surface area contributed by atoms with Crippen LogP contribution in [0.5, 0.6) is 0 Å². The molecule has 0 aromatic heterocycles. The van der Waals surface area contributed by atoms with E-state index in [0.29, 0.717) is 11.5 Å². The quantitative estimate of drug-likeness (QED) is 0.341. The lowest BCUT2D eigenvalue weighted by molar-refractivity contribution is 0.368. The maximum absolute atomic E-state index is 5.34. The summed E-state index contributed by atoms with van der Waals surface area (Å²) in [5.41, 5.74) is 3.15. The van der Waals surface area contributed by atoms with Gasteiger partial charge in [0.25, 0.3) is 0 Å². The van der Waals surface area contributed by atoms with Crippen LogP contribution in [0.2, 0.25) is 0 Å². The Morgan fingerprint density at radius 2 is 2.40 bits per heavy atom. The van der Waals surface area contributed by atoms with Crippen LogP contribution >= 0.6 is 0 Å². The van der Waals surface area contributed by atoms with Crippen molar-refractivity contribution >= 4 is 0 Å². The Hall–Kier alpha value is -0.520. The molecule has 0 heterocycles.